The summed E-state index contributed by atoms with van der Waals surface area (Å²) in [6.07, 6.45) is 3.59. The van der Waals surface area contributed by atoms with Crippen molar-refractivity contribution in [1.29, 1.82) is 0 Å². The quantitative estimate of drug-likeness (QED) is 0.270. The Bertz CT molecular complexity index is 1540. The van der Waals surface area contributed by atoms with Crippen molar-refractivity contribution in [2.75, 3.05) is 10.8 Å². The molecule has 0 saturated carbocycles. The second-order valence-corrected chi connectivity index (χ2v) is 12.1. The number of pyridine rings is 1. The Morgan fingerprint density at radius 1 is 1.03 bits per heavy atom. The summed E-state index contributed by atoms with van der Waals surface area (Å²) < 4.78 is 35.8. The molecule has 2 aromatic heterocycles. The highest BCUT2D eigenvalue weighted by Crippen LogP contribution is 2.31. The van der Waals surface area contributed by atoms with Gasteiger partial charge in [0.25, 0.3) is 10.0 Å². The molecule has 4 aromatic rings. The molecule has 0 aliphatic rings. The van der Waals surface area contributed by atoms with Crippen molar-refractivity contribution in [3.63, 3.8) is 0 Å². The van der Waals surface area contributed by atoms with Crippen LogP contribution in [0.2, 0.25) is 10.0 Å². The van der Waals surface area contributed by atoms with Crippen molar-refractivity contribution in [3.05, 3.63) is 82.6 Å². The van der Waals surface area contributed by atoms with Gasteiger partial charge in [0, 0.05) is 27.8 Å². The van der Waals surface area contributed by atoms with Gasteiger partial charge in [-0.2, -0.15) is 0 Å². The maximum atomic E-state index is 13.7. The molecule has 0 radical (unpaired) electrons. The van der Waals surface area contributed by atoms with E-state index in [1.54, 1.807) is 45.2 Å². The Kier molecular flexibility index (Phi) is 7.05. The second kappa shape index (κ2) is 9.76. The molecule has 0 bridgehead atoms. The van der Waals surface area contributed by atoms with Crippen molar-refractivity contribution in [3.8, 4) is 5.82 Å². The third kappa shape index (κ3) is 5.67. The van der Waals surface area contributed by atoms with Gasteiger partial charge in [-0.25, -0.2) is 13.4 Å². The fraction of sp³-hybridized carbons (Fsp3) is 0.231. The van der Waals surface area contributed by atoms with E-state index in [4.69, 9.17) is 27.9 Å². The molecule has 0 N–H and O–H groups in total. The number of halogens is 2. The number of rotatable bonds is 6. The van der Waals surface area contributed by atoms with Gasteiger partial charge < -0.3 is 9.30 Å². The molecule has 7 nitrogen and oxygen atoms in total. The third-order valence-electron chi connectivity index (χ3n) is 5.23. The molecule has 0 saturated heterocycles. The lowest BCUT2D eigenvalue weighted by Crippen LogP contribution is -2.39. The third-order valence-corrected chi connectivity index (χ3v) is 7.41. The van der Waals surface area contributed by atoms with E-state index in [1.165, 1.54) is 18.2 Å². The number of benzene rings is 2. The van der Waals surface area contributed by atoms with Crippen LogP contribution in [-0.2, 0) is 19.6 Å². The summed E-state index contributed by atoms with van der Waals surface area (Å²) in [5.41, 5.74) is 1.40. The zero-order valence-electron chi connectivity index (χ0n) is 20.2. The summed E-state index contributed by atoms with van der Waals surface area (Å²) in [5.74, 6) is 0.0466. The number of nitrogens with zero attached hydrogens (tertiary/aromatic N) is 3. The molecular weight excluding hydrogens is 521 g/mol. The molecule has 10 heteroatoms. The molecule has 0 fully saturated rings. The predicted octanol–water partition coefficient (Wildman–Crippen LogP) is 6.18. The van der Waals surface area contributed by atoms with Gasteiger partial charge in [-0.15, -0.1) is 0 Å². The molecule has 0 aliphatic heterocycles. The second-order valence-electron chi connectivity index (χ2n) is 9.32. The number of hydrogen-bond acceptors (Lipinski definition) is 5. The molecule has 0 unspecified atom stereocenters. The first-order valence-corrected chi connectivity index (χ1v) is 13.3. The summed E-state index contributed by atoms with van der Waals surface area (Å²) >= 11 is 12.2. The first-order valence-electron chi connectivity index (χ1n) is 11.1. The van der Waals surface area contributed by atoms with Gasteiger partial charge in [-0.3, -0.25) is 9.10 Å². The minimum Gasteiger partial charge on any atom is -0.459 e. The van der Waals surface area contributed by atoms with E-state index in [1.807, 2.05) is 35.9 Å². The van der Waals surface area contributed by atoms with Crippen LogP contribution in [0.15, 0.2) is 71.9 Å². The largest absolute Gasteiger partial charge is 0.459 e. The predicted molar refractivity (Wildman–Crippen MR) is 143 cm³/mol. The van der Waals surface area contributed by atoms with E-state index >= 15 is 0 Å². The Morgan fingerprint density at radius 3 is 2.36 bits per heavy atom. The minimum absolute atomic E-state index is 0.134. The van der Waals surface area contributed by atoms with Gasteiger partial charge in [-0.05, 0) is 87.9 Å². The van der Waals surface area contributed by atoms with Crippen LogP contribution >= 0.6 is 23.2 Å². The van der Waals surface area contributed by atoms with Gasteiger partial charge >= 0.3 is 5.97 Å². The number of carbonyl (C=O) groups excluding carboxylic acids is 1. The highest BCUT2D eigenvalue weighted by atomic mass is 35.5. The van der Waals surface area contributed by atoms with Crippen LogP contribution in [0.3, 0.4) is 0 Å². The van der Waals surface area contributed by atoms with Crippen LogP contribution in [0.25, 0.3) is 16.7 Å². The number of carbonyl (C=O) groups is 1. The van der Waals surface area contributed by atoms with E-state index in [0.29, 0.717) is 5.69 Å². The van der Waals surface area contributed by atoms with Crippen LogP contribution in [0.5, 0.6) is 0 Å². The number of ether oxygens (including phenoxy) is 1. The van der Waals surface area contributed by atoms with Gasteiger partial charge in [0.15, 0.2) is 0 Å². The molecule has 2 heterocycles. The van der Waals surface area contributed by atoms with Crippen LogP contribution in [0.4, 0.5) is 5.69 Å². The molecule has 36 heavy (non-hydrogen) atoms. The first kappa shape index (κ1) is 26.0. The standard InChI is InChI=1S/C26H25Cl2N3O4S/c1-17-7-9-29-24(11-17)30-10-8-18-12-21(5-6-23(18)30)31(16-25(32)35-26(2,3)4)36(33,34)22-14-19(27)13-20(28)15-22/h5-15H,16H2,1-4H3. The van der Waals surface area contributed by atoms with Crippen molar-refractivity contribution < 1.29 is 17.9 Å². The SMILES string of the molecule is Cc1ccnc(-n2ccc3cc(N(CC(=O)OC(C)(C)C)S(=O)(=O)c4cc(Cl)cc(Cl)c4)ccc32)c1. The maximum absolute atomic E-state index is 13.7. The van der Waals surface area contributed by atoms with E-state index in [9.17, 15) is 13.2 Å². The number of fused-ring (bicyclic) bond motifs is 1. The van der Waals surface area contributed by atoms with E-state index < -0.39 is 28.1 Å². The Morgan fingerprint density at radius 2 is 1.72 bits per heavy atom. The highest BCUT2D eigenvalue weighted by molar-refractivity contribution is 7.92. The lowest BCUT2D eigenvalue weighted by Gasteiger charge is -2.26. The van der Waals surface area contributed by atoms with Crippen LogP contribution in [0.1, 0.15) is 26.3 Å². The summed E-state index contributed by atoms with van der Waals surface area (Å²) in [7, 11) is -4.22. The van der Waals surface area contributed by atoms with E-state index in [-0.39, 0.29) is 14.9 Å². The first-order chi connectivity index (χ1) is 16.8. The number of hydrogen-bond donors (Lipinski definition) is 0. The highest BCUT2D eigenvalue weighted by Gasteiger charge is 2.30. The Hall–Kier alpha value is -3.07. The normalized spacial score (nSPS) is 12.1. The van der Waals surface area contributed by atoms with Gasteiger partial charge in [0.05, 0.1) is 16.1 Å². The van der Waals surface area contributed by atoms with Crippen molar-refractivity contribution in [2.24, 2.45) is 0 Å². The summed E-state index contributed by atoms with van der Waals surface area (Å²) in [6.45, 7) is 6.60. The molecule has 2 aromatic carbocycles. The lowest BCUT2D eigenvalue weighted by atomic mass is 10.2. The average molecular weight is 546 g/mol. The lowest BCUT2D eigenvalue weighted by molar-refractivity contribution is -0.152. The maximum Gasteiger partial charge on any atom is 0.327 e. The van der Waals surface area contributed by atoms with Crippen LogP contribution in [-0.4, -0.2) is 36.1 Å². The van der Waals surface area contributed by atoms with Gasteiger partial charge in [0.1, 0.15) is 18.0 Å². The Balaban J connectivity index is 1.81. The number of anilines is 1. The average Bonchev–Trinajstić information content (AvgIpc) is 3.19. The molecule has 0 amide bonds. The number of aryl methyl sites for hydroxylation is 1. The van der Waals surface area contributed by atoms with Crippen LogP contribution < -0.4 is 4.31 Å². The zero-order chi connectivity index (χ0) is 26.3. The molecule has 0 aliphatic carbocycles. The fourth-order valence-electron chi connectivity index (χ4n) is 3.75. The Labute approximate surface area is 220 Å². The van der Waals surface area contributed by atoms with Crippen molar-refractivity contribution >= 4 is 55.8 Å². The molecular formula is C26H25Cl2N3O4S. The number of aromatic nitrogens is 2. The van der Waals surface area contributed by atoms with Crippen molar-refractivity contribution in [1.82, 2.24) is 9.55 Å². The summed E-state index contributed by atoms with van der Waals surface area (Å²) in [5, 5.41) is 1.09. The minimum atomic E-state index is -4.22. The summed E-state index contributed by atoms with van der Waals surface area (Å²) in [4.78, 5) is 17.0. The fourth-order valence-corrected chi connectivity index (χ4v) is 5.88. The molecule has 0 atom stereocenters. The zero-order valence-corrected chi connectivity index (χ0v) is 22.5. The van der Waals surface area contributed by atoms with E-state index in [2.05, 4.69) is 4.98 Å². The van der Waals surface area contributed by atoms with Crippen molar-refractivity contribution in [2.45, 2.75) is 38.2 Å². The smallest absolute Gasteiger partial charge is 0.327 e. The monoisotopic (exact) mass is 545 g/mol. The van der Waals surface area contributed by atoms with Gasteiger partial charge in [0.2, 0.25) is 0 Å². The van der Waals surface area contributed by atoms with Crippen LogP contribution in [0, 0.1) is 6.92 Å². The number of sulfonamides is 1. The topological polar surface area (TPSA) is 81.5 Å². The molecule has 188 valence electrons. The van der Waals surface area contributed by atoms with E-state index in [0.717, 1.165) is 26.6 Å². The number of esters is 1. The molecule has 0 spiro atoms. The molecule has 4 rings (SSSR count). The summed E-state index contributed by atoms with van der Waals surface area (Å²) in [6, 6.07) is 14.9. The van der Waals surface area contributed by atoms with Gasteiger partial charge in [-0.1, -0.05) is 23.2 Å².